The second kappa shape index (κ2) is 4.98. The van der Waals surface area contributed by atoms with E-state index in [0.29, 0.717) is 0 Å². The molecule has 0 aliphatic heterocycles. The highest BCUT2D eigenvalue weighted by Crippen LogP contribution is 2.27. The minimum absolute atomic E-state index is 0.837. The largest absolute Gasteiger partial charge is 0.370 e. The van der Waals surface area contributed by atoms with Crippen molar-refractivity contribution in [1.82, 2.24) is 19.9 Å². The summed E-state index contributed by atoms with van der Waals surface area (Å²) in [6, 6.07) is 0. The maximum absolute atomic E-state index is 4.25. The van der Waals surface area contributed by atoms with E-state index >= 15 is 0 Å². The fraction of sp³-hybridized carbons (Fsp3) is 0.300. The van der Waals surface area contributed by atoms with E-state index in [2.05, 4.69) is 25.3 Å². The summed E-state index contributed by atoms with van der Waals surface area (Å²) in [6.45, 7) is 4.90. The molecule has 0 spiro atoms. The van der Waals surface area contributed by atoms with Gasteiger partial charge in [-0.3, -0.25) is 0 Å². The van der Waals surface area contributed by atoms with Crippen molar-refractivity contribution in [2.75, 3.05) is 11.9 Å². The Morgan fingerprint density at radius 3 is 2.94 bits per heavy atom. The normalized spacial score (nSPS) is 10.4. The monoisotopic (exact) mass is 235 g/mol. The van der Waals surface area contributed by atoms with Gasteiger partial charge in [0.15, 0.2) is 5.16 Å². The Kier molecular flexibility index (Phi) is 3.40. The summed E-state index contributed by atoms with van der Waals surface area (Å²) in [5.74, 6) is 0.881. The van der Waals surface area contributed by atoms with Gasteiger partial charge in [0, 0.05) is 24.5 Å². The summed E-state index contributed by atoms with van der Waals surface area (Å²) < 4.78 is 0. The molecule has 0 unspecified atom stereocenters. The quantitative estimate of drug-likeness (QED) is 0.794. The number of hydrogen-bond donors (Lipinski definition) is 2. The number of aromatic amines is 1. The average molecular weight is 235 g/mol. The maximum Gasteiger partial charge on any atom is 0.171 e. The molecule has 0 radical (unpaired) electrons. The molecule has 6 heteroatoms. The molecular weight excluding hydrogens is 222 g/mol. The number of rotatable bonds is 4. The van der Waals surface area contributed by atoms with Crippen molar-refractivity contribution < 1.29 is 0 Å². The Balaban J connectivity index is 2.24. The molecule has 16 heavy (non-hydrogen) atoms. The molecule has 2 N–H and O–H groups in total. The molecule has 2 rings (SSSR count). The molecule has 0 fully saturated rings. The van der Waals surface area contributed by atoms with Gasteiger partial charge in [-0.15, -0.1) is 0 Å². The van der Waals surface area contributed by atoms with Crippen LogP contribution in [-0.2, 0) is 0 Å². The van der Waals surface area contributed by atoms with Gasteiger partial charge in [0.05, 0.1) is 0 Å². The van der Waals surface area contributed by atoms with Gasteiger partial charge in [0.25, 0.3) is 0 Å². The lowest BCUT2D eigenvalue weighted by atomic mass is 10.3. The van der Waals surface area contributed by atoms with Gasteiger partial charge < -0.3 is 10.3 Å². The third-order valence-corrected chi connectivity index (χ3v) is 3.07. The molecule has 0 aliphatic rings. The van der Waals surface area contributed by atoms with Gasteiger partial charge in [-0.1, -0.05) is 0 Å². The molecule has 0 saturated carbocycles. The Hall–Kier alpha value is -1.56. The number of H-pyrrole nitrogens is 1. The van der Waals surface area contributed by atoms with E-state index < -0.39 is 0 Å². The fourth-order valence-corrected chi connectivity index (χ4v) is 2.05. The number of nitrogens with one attached hydrogen (secondary N) is 2. The second-order valence-electron chi connectivity index (χ2n) is 3.18. The fourth-order valence-electron chi connectivity index (χ4n) is 1.28. The number of aromatic nitrogens is 4. The zero-order valence-electron chi connectivity index (χ0n) is 9.19. The molecule has 0 aliphatic carbocycles. The topological polar surface area (TPSA) is 66.5 Å². The van der Waals surface area contributed by atoms with Crippen LogP contribution >= 0.6 is 11.8 Å². The Bertz CT molecular complexity index is 454. The van der Waals surface area contributed by atoms with E-state index in [9.17, 15) is 0 Å². The predicted octanol–water partition coefficient (Wildman–Crippen LogP) is 2.09. The van der Waals surface area contributed by atoms with Crippen molar-refractivity contribution in [3.63, 3.8) is 0 Å². The van der Waals surface area contributed by atoms with Crippen LogP contribution in [0.4, 0.5) is 5.82 Å². The summed E-state index contributed by atoms with van der Waals surface area (Å²) in [5.41, 5.74) is 1.05. The molecular formula is C10H13N5S. The average Bonchev–Trinajstić information content (AvgIpc) is 2.77. The van der Waals surface area contributed by atoms with Gasteiger partial charge in [0.1, 0.15) is 17.2 Å². The molecule has 84 valence electrons. The number of imidazole rings is 1. The summed E-state index contributed by atoms with van der Waals surface area (Å²) in [6.07, 6.45) is 5.09. The summed E-state index contributed by atoms with van der Waals surface area (Å²) in [7, 11) is 0. The zero-order chi connectivity index (χ0) is 11.4. The minimum atomic E-state index is 0.837. The molecule has 0 bridgehead atoms. The van der Waals surface area contributed by atoms with Crippen molar-refractivity contribution in [2.24, 2.45) is 0 Å². The zero-order valence-corrected chi connectivity index (χ0v) is 10.0. The highest BCUT2D eigenvalue weighted by Gasteiger charge is 2.08. The second-order valence-corrected chi connectivity index (χ2v) is 4.16. The predicted molar refractivity (Wildman–Crippen MR) is 63.6 cm³/mol. The first-order valence-electron chi connectivity index (χ1n) is 5.04. The van der Waals surface area contributed by atoms with E-state index in [1.54, 1.807) is 18.7 Å². The molecule has 2 aromatic rings. The van der Waals surface area contributed by atoms with Crippen LogP contribution in [0.15, 0.2) is 28.9 Å². The van der Waals surface area contributed by atoms with E-state index in [1.807, 2.05) is 13.8 Å². The Morgan fingerprint density at radius 2 is 2.25 bits per heavy atom. The van der Waals surface area contributed by atoms with Gasteiger partial charge >= 0.3 is 0 Å². The number of nitrogens with zero attached hydrogens (tertiary/aromatic N) is 3. The summed E-state index contributed by atoms with van der Waals surface area (Å²) in [5, 5.41) is 4.96. The van der Waals surface area contributed by atoms with Crippen LogP contribution in [0.2, 0.25) is 0 Å². The van der Waals surface area contributed by atoms with Crippen molar-refractivity contribution in [3.05, 3.63) is 24.3 Å². The third-order valence-electron chi connectivity index (χ3n) is 2.05. The summed E-state index contributed by atoms with van der Waals surface area (Å²) >= 11 is 1.50. The number of hydrogen-bond acceptors (Lipinski definition) is 5. The van der Waals surface area contributed by atoms with Crippen LogP contribution in [0.3, 0.4) is 0 Å². The Morgan fingerprint density at radius 1 is 1.38 bits per heavy atom. The van der Waals surface area contributed by atoms with Crippen molar-refractivity contribution in [3.8, 4) is 0 Å². The van der Waals surface area contributed by atoms with Crippen molar-refractivity contribution >= 4 is 17.6 Å². The van der Waals surface area contributed by atoms with E-state index in [-0.39, 0.29) is 0 Å². The minimum Gasteiger partial charge on any atom is -0.370 e. The SMILES string of the molecule is CCNc1ncnc(Sc2ncc[nH]2)c1C. The van der Waals surface area contributed by atoms with Crippen LogP contribution in [0, 0.1) is 6.92 Å². The van der Waals surface area contributed by atoms with Crippen LogP contribution in [-0.4, -0.2) is 26.5 Å². The molecule has 0 atom stereocenters. The standard InChI is InChI=1S/C10H13N5S/c1-3-11-8-7(2)9(15-6-14-8)16-10-12-4-5-13-10/h4-6H,3H2,1-2H3,(H,12,13)(H,11,14,15). The lowest BCUT2D eigenvalue weighted by Gasteiger charge is -2.08. The summed E-state index contributed by atoms with van der Waals surface area (Å²) in [4.78, 5) is 15.6. The lowest BCUT2D eigenvalue weighted by molar-refractivity contribution is 0.976. The number of anilines is 1. The molecule has 0 saturated heterocycles. The maximum atomic E-state index is 4.25. The smallest absolute Gasteiger partial charge is 0.171 e. The molecule has 2 aromatic heterocycles. The highest BCUT2D eigenvalue weighted by atomic mass is 32.2. The molecule has 0 amide bonds. The van der Waals surface area contributed by atoms with Crippen molar-refractivity contribution in [2.45, 2.75) is 24.0 Å². The van der Waals surface area contributed by atoms with Crippen molar-refractivity contribution in [1.29, 1.82) is 0 Å². The van der Waals surface area contributed by atoms with E-state index in [1.165, 1.54) is 11.8 Å². The molecule has 0 aromatic carbocycles. The Labute approximate surface area is 98.1 Å². The third kappa shape index (κ3) is 2.33. The van der Waals surface area contributed by atoms with Gasteiger partial charge in [-0.2, -0.15) is 0 Å². The van der Waals surface area contributed by atoms with Gasteiger partial charge in [-0.25, -0.2) is 15.0 Å². The first kappa shape index (κ1) is 10.9. The van der Waals surface area contributed by atoms with Crippen LogP contribution in [0.25, 0.3) is 0 Å². The first-order chi connectivity index (χ1) is 7.81. The van der Waals surface area contributed by atoms with Gasteiger partial charge in [-0.05, 0) is 25.6 Å². The van der Waals surface area contributed by atoms with E-state index in [0.717, 1.165) is 28.1 Å². The van der Waals surface area contributed by atoms with Crippen LogP contribution in [0.5, 0.6) is 0 Å². The lowest BCUT2D eigenvalue weighted by Crippen LogP contribution is -2.03. The van der Waals surface area contributed by atoms with Crippen LogP contribution < -0.4 is 5.32 Å². The highest BCUT2D eigenvalue weighted by molar-refractivity contribution is 7.99. The molecule has 2 heterocycles. The molecule has 5 nitrogen and oxygen atoms in total. The van der Waals surface area contributed by atoms with Crippen LogP contribution in [0.1, 0.15) is 12.5 Å². The van der Waals surface area contributed by atoms with E-state index in [4.69, 9.17) is 0 Å². The first-order valence-corrected chi connectivity index (χ1v) is 5.85. The van der Waals surface area contributed by atoms with Gasteiger partial charge in [0.2, 0.25) is 0 Å².